The number of anilines is 2. The lowest BCUT2D eigenvalue weighted by atomic mass is 9.93. The monoisotopic (exact) mass is 532 g/mol. The molecular weight excluding hydrogens is 500 g/mol. The van der Waals surface area contributed by atoms with Gasteiger partial charge in [0.25, 0.3) is 5.91 Å². The third-order valence-electron chi connectivity index (χ3n) is 6.63. The van der Waals surface area contributed by atoms with Gasteiger partial charge in [0.1, 0.15) is 11.4 Å². The maximum atomic E-state index is 13.4. The summed E-state index contributed by atoms with van der Waals surface area (Å²) in [6, 6.07) is 8.14. The molecular formula is C26H33ClN4O4S. The van der Waals surface area contributed by atoms with E-state index in [1.165, 1.54) is 19.1 Å². The minimum atomic E-state index is -3.09. The van der Waals surface area contributed by atoms with Gasteiger partial charge in [-0.2, -0.15) is 0 Å². The number of benzene rings is 1. The van der Waals surface area contributed by atoms with E-state index in [0.717, 1.165) is 25.9 Å². The Morgan fingerprint density at radius 1 is 1.17 bits per heavy atom. The number of ether oxygens (including phenoxy) is 1. The minimum Gasteiger partial charge on any atom is -0.442 e. The van der Waals surface area contributed by atoms with Crippen LogP contribution < -0.4 is 10.2 Å². The molecule has 36 heavy (non-hydrogen) atoms. The Labute approximate surface area is 217 Å². The normalized spacial score (nSPS) is 18.3. The van der Waals surface area contributed by atoms with E-state index in [1.807, 2.05) is 6.92 Å². The van der Waals surface area contributed by atoms with Crippen molar-refractivity contribution in [1.82, 2.24) is 4.98 Å². The van der Waals surface area contributed by atoms with Crippen LogP contribution in [0.5, 0.6) is 0 Å². The van der Waals surface area contributed by atoms with E-state index in [4.69, 9.17) is 16.3 Å². The highest BCUT2D eigenvalue weighted by molar-refractivity contribution is 7.93. The van der Waals surface area contributed by atoms with Gasteiger partial charge in [0, 0.05) is 29.9 Å². The summed E-state index contributed by atoms with van der Waals surface area (Å²) in [4.78, 5) is 32.6. The van der Waals surface area contributed by atoms with Crippen LogP contribution in [0.15, 0.2) is 39.6 Å². The van der Waals surface area contributed by atoms with Crippen molar-refractivity contribution in [3.63, 3.8) is 0 Å². The van der Waals surface area contributed by atoms with Crippen LogP contribution in [0.1, 0.15) is 62.5 Å². The molecule has 8 nitrogen and oxygen atoms in total. The molecule has 1 saturated heterocycles. The number of aromatic nitrogens is 1. The van der Waals surface area contributed by atoms with Gasteiger partial charge in [-0.05, 0) is 83.1 Å². The summed E-state index contributed by atoms with van der Waals surface area (Å²) in [5, 5.41) is 3.29. The minimum absolute atomic E-state index is 0.303. The molecule has 10 heteroatoms. The number of amides is 2. The molecule has 2 heterocycles. The predicted octanol–water partition coefficient (Wildman–Crippen LogP) is 6.07. The number of piperidine rings is 1. The number of nitrogens with zero attached hydrogens (tertiary/aromatic N) is 3. The second-order valence-corrected chi connectivity index (χ2v) is 13.4. The molecule has 1 aliphatic heterocycles. The van der Waals surface area contributed by atoms with Crippen LogP contribution in [0.2, 0.25) is 5.02 Å². The van der Waals surface area contributed by atoms with Gasteiger partial charge in [-0.15, -0.1) is 4.36 Å². The molecule has 1 atom stereocenters. The van der Waals surface area contributed by atoms with E-state index in [2.05, 4.69) is 19.6 Å². The Balaban J connectivity index is 1.57. The number of rotatable bonds is 4. The van der Waals surface area contributed by atoms with Crippen LogP contribution >= 0.6 is 11.6 Å². The zero-order valence-corrected chi connectivity index (χ0v) is 23.0. The molecule has 0 radical (unpaired) electrons. The predicted molar refractivity (Wildman–Crippen MR) is 142 cm³/mol. The molecule has 2 amide bonds. The third kappa shape index (κ3) is 6.18. The van der Waals surface area contributed by atoms with E-state index < -0.39 is 21.4 Å². The number of hydrogen-bond donors (Lipinski definition) is 1. The van der Waals surface area contributed by atoms with Crippen molar-refractivity contribution >= 4 is 44.8 Å². The maximum Gasteiger partial charge on any atom is 0.442 e. The van der Waals surface area contributed by atoms with E-state index in [1.54, 1.807) is 51.1 Å². The average Bonchev–Trinajstić information content (AvgIpc) is 3.53. The Morgan fingerprint density at radius 3 is 2.44 bits per heavy atom. The molecule has 1 N–H and O–H groups in total. The van der Waals surface area contributed by atoms with E-state index in [9.17, 15) is 13.8 Å². The lowest BCUT2D eigenvalue weighted by Gasteiger charge is -2.34. The van der Waals surface area contributed by atoms with Gasteiger partial charge in [0.2, 0.25) is 0 Å². The number of hydrogen-bond acceptors (Lipinski definition) is 6. The zero-order valence-electron chi connectivity index (χ0n) is 21.4. The topological polar surface area (TPSA) is 101 Å². The summed E-state index contributed by atoms with van der Waals surface area (Å²) < 4.78 is 22.1. The number of pyridine rings is 1. The van der Waals surface area contributed by atoms with Gasteiger partial charge in [-0.25, -0.2) is 14.0 Å². The quantitative estimate of drug-likeness (QED) is 0.513. The van der Waals surface area contributed by atoms with Gasteiger partial charge in [0.05, 0.1) is 26.0 Å². The van der Waals surface area contributed by atoms with Crippen molar-refractivity contribution < 1.29 is 18.5 Å². The fraction of sp³-hybridized carbons (Fsp3) is 0.500. The second kappa shape index (κ2) is 9.67. The molecule has 0 bridgehead atoms. The van der Waals surface area contributed by atoms with E-state index in [-0.39, 0.29) is 5.91 Å². The smallest absolute Gasteiger partial charge is 0.442 e. The highest BCUT2D eigenvalue weighted by Gasteiger charge is 2.45. The fourth-order valence-electron chi connectivity index (χ4n) is 4.33. The summed E-state index contributed by atoms with van der Waals surface area (Å²) in [5.41, 5.74) is 1.23. The average molecular weight is 533 g/mol. The Bertz CT molecular complexity index is 1310. The summed E-state index contributed by atoms with van der Waals surface area (Å²) in [7, 11) is -3.09. The van der Waals surface area contributed by atoms with Gasteiger partial charge in [0.15, 0.2) is 0 Å². The van der Waals surface area contributed by atoms with Crippen molar-refractivity contribution in [3.8, 4) is 0 Å². The van der Waals surface area contributed by atoms with Crippen LogP contribution in [-0.2, 0) is 14.5 Å². The molecule has 2 aliphatic rings. The Morgan fingerprint density at radius 2 is 1.83 bits per heavy atom. The number of nitrogens with one attached hydrogen (secondary N) is 1. The van der Waals surface area contributed by atoms with Crippen molar-refractivity contribution in [1.29, 1.82) is 0 Å². The summed E-state index contributed by atoms with van der Waals surface area (Å²) in [6.07, 6.45) is 5.25. The fourth-order valence-corrected chi connectivity index (χ4v) is 5.58. The first-order chi connectivity index (χ1) is 16.8. The summed E-state index contributed by atoms with van der Waals surface area (Å²) >= 11 is 6.35. The van der Waals surface area contributed by atoms with Crippen molar-refractivity contribution in [2.75, 3.05) is 29.6 Å². The maximum absolute atomic E-state index is 13.4. The largest absolute Gasteiger partial charge is 0.442 e. The van der Waals surface area contributed by atoms with Gasteiger partial charge >= 0.3 is 6.09 Å². The molecule has 1 saturated carbocycles. The zero-order chi connectivity index (χ0) is 26.3. The molecule has 1 aromatic heterocycles. The highest BCUT2D eigenvalue weighted by atomic mass is 35.5. The Kier molecular flexibility index (Phi) is 7.09. The number of carbonyl (C=O) groups is 2. The van der Waals surface area contributed by atoms with Crippen LogP contribution in [0.25, 0.3) is 0 Å². The standard InChI is InChI=1S/C26H33ClN4O4S/c1-17-21(27)16-20(22(28-17)31-13-11-26(9-10-26)12-14-31)23(32)29-18-7-6-8-19(15-18)36(5,34)30-24(33)35-25(2,3)4/h6-8,15-16H,9-14H2,1-5H3,(H,29,32)/t36-/m0/s1. The van der Waals surface area contributed by atoms with Crippen molar-refractivity contribution in [2.45, 2.75) is 63.9 Å². The van der Waals surface area contributed by atoms with Crippen LogP contribution in [-0.4, -0.2) is 46.1 Å². The van der Waals surface area contributed by atoms with E-state index in [0.29, 0.717) is 38.1 Å². The summed E-state index contributed by atoms with van der Waals surface area (Å²) in [5.74, 6) is 0.259. The molecule has 2 aromatic rings. The third-order valence-corrected chi connectivity index (χ3v) is 8.64. The molecule has 1 aliphatic carbocycles. The number of aryl methyl sites for hydroxylation is 1. The summed E-state index contributed by atoms with van der Waals surface area (Å²) in [6.45, 7) is 8.67. The number of carbonyl (C=O) groups excluding carboxylic acids is 2. The van der Waals surface area contributed by atoms with Gasteiger partial charge in [-0.3, -0.25) is 4.79 Å². The number of halogens is 1. The van der Waals surface area contributed by atoms with Crippen LogP contribution in [0, 0.1) is 12.3 Å². The molecule has 0 unspecified atom stereocenters. The highest BCUT2D eigenvalue weighted by Crippen LogP contribution is 2.54. The second-order valence-electron chi connectivity index (χ2n) is 10.8. The Hall–Kier alpha value is -2.65. The van der Waals surface area contributed by atoms with Crippen molar-refractivity contribution in [3.05, 3.63) is 46.6 Å². The van der Waals surface area contributed by atoms with Crippen LogP contribution in [0.4, 0.5) is 16.3 Å². The first-order valence-electron chi connectivity index (χ1n) is 12.1. The first-order valence-corrected chi connectivity index (χ1v) is 14.4. The van der Waals surface area contributed by atoms with Gasteiger partial charge in [-0.1, -0.05) is 17.7 Å². The molecule has 2 fully saturated rings. The lowest BCUT2D eigenvalue weighted by molar-refractivity contribution is 0.0607. The van der Waals surface area contributed by atoms with Gasteiger partial charge < -0.3 is 15.0 Å². The molecule has 1 aromatic carbocycles. The molecule has 1 spiro atoms. The first kappa shape index (κ1) is 26.4. The lowest BCUT2D eigenvalue weighted by Crippen LogP contribution is -2.36. The molecule has 4 rings (SSSR count). The van der Waals surface area contributed by atoms with Crippen molar-refractivity contribution in [2.24, 2.45) is 9.78 Å². The van der Waals surface area contributed by atoms with E-state index >= 15 is 0 Å². The van der Waals surface area contributed by atoms with Crippen LogP contribution in [0.3, 0.4) is 0 Å². The molecule has 194 valence electrons. The SMILES string of the molecule is Cc1nc(N2CCC3(CC2)CC3)c(C(=O)Nc2cccc([S@](C)(=O)=NC(=O)OC(C)(C)C)c2)cc1Cl.